The Morgan fingerprint density at radius 3 is 2.62 bits per heavy atom. The second kappa shape index (κ2) is 8.05. The van der Waals surface area contributed by atoms with Crippen LogP contribution in [0.5, 0.6) is 5.75 Å². The number of aromatic nitrogens is 1. The van der Waals surface area contributed by atoms with Crippen molar-refractivity contribution in [1.82, 2.24) is 9.71 Å². The van der Waals surface area contributed by atoms with Crippen molar-refractivity contribution in [2.45, 2.75) is 24.7 Å². The quantitative estimate of drug-likeness (QED) is 0.840. The van der Waals surface area contributed by atoms with Crippen LogP contribution in [0.2, 0.25) is 0 Å². The molecule has 0 atom stereocenters. The Hall–Kier alpha value is -2.12. The van der Waals surface area contributed by atoms with Gasteiger partial charge in [0, 0.05) is 25.8 Å². The highest BCUT2D eigenvalue weighted by atomic mass is 32.2. The lowest BCUT2D eigenvalue weighted by atomic mass is 9.97. The third kappa shape index (κ3) is 4.34. The minimum absolute atomic E-state index is 0.309. The number of aryl methyl sites for hydroxylation is 1. The van der Waals surface area contributed by atoms with Crippen LogP contribution in [0, 0.1) is 12.8 Å². The number of hydrogen-bond donors (Lipinski definition) is 1. The van der Waals surface area contributed by atoms with E-state index >= 15 is 0 Å². The molecule has 1 aromatic heterocycles. The molecule has 6 nitrogen and oxygen atoms in total. The van der Waals surface area contributed by atoms with Gasteiger partial charge in [0.2, 0.25) is 10.0 Å². The predicted molar refractivity (Wildman–Crippen MR) is 102 cm³/mol. The summed E-state index contributed by atoms with van der Waals surface area (Å²) < 4.78 is 33.1. The predicted octanol–water partition coefficient (Wildman–Crippen LogP) is 2.59. The van der Waals surface area contributed by atoms with Crippen LogP contribution in [-0.4, -0.2) is 40.1 Å². The van der Waals surface area contributed by atoms with Gasteiger partial charge in [-0.15, -0.1) is 0 Å². The summed E-state index contributed by atoms with van der Waals surface area (Å²) >= 11 is 0. The maximum Gasteiger partial charge on any atom is 0.240 e. The van der Waals surface area contributed by atoms with Crippen molar-refractivity contribution in [2.75, 3.05) is 31.6 Å². The lowest BCUT2D eigenvalue weighted by Gasteiger charge is -2.32. The summed E-state index contributed by atoms with van der Waals surface area (Å²) in [5.41, 5.74) is 0.682. The number of hydrogen-bond acceptors (Lipinski definition) is 5. The molecule has 1 N–H and O–H groups in total. The van der Waals surface area contributed by atoms with E-state index < -0.39 is 10.0 Å². The molecule has 0 spiro atoms. The van der Waals surface area contributed by atoms with Gasteiger partial charge in [-0.3, -0.25) is 0 Å². The van der Waals surface area contributed by atoms with Crippen molar-refractivity contribution < 1.29 is 13.2 Å². The van der Waals surface area contributed by atoms with Crippen molar-refractivity contribution >= 4 is 15.8 Å². The molecule has 1 saturated heterocycles. The number of sulfonamides is 1. The molecule has 0 amide bonds. The molecule has 2 heterocycles. The molecule has 0 aliphatic carbocycles. The normalized spacial score (nSPS) is 15.8. The molecule has 1 aromatic carbocycles. The highest BCUT2D eigenvalue weighted by molar-refractivity contribution is 7.89. The highest BCUT2D eigenvalue weighted by Crippen LogP contribution is 2.23. The lowest BCUT2D eigenvalue weighted by Crippen LogP contribution is -2.39. The molecular formula is C19H25N3O3S. The van der Waals surface area contributed by atoms with Crippen LogP contribution in [0.15, 0.2) is 47.5 Å². The van der Waals surface area contributed by atoms with E-state index in [-0.39, 0.29) is 0 Å². The minimum Gasteiger partial charge on any atom is -0.497 e. The molecule has 0 radical (unpaired) electrons. The number of pyridine rings is 1. The van der Waals surface area contributed by atoms with Crippen LogP contribution in [-0.2, 0) is 10.0 Å². The lowest BCUT2D eigenvalue weighted by molar-refractivity contribution is 0.400. The zero-order valence-corrected chi connectivity index (χ0v) is 16.0. The number of ether oxygens (including phenoxy) is 1. The van der Waals surface area contributed by atoms with E-state index in [2.05, 4.69) is 14.6 Å². The zero-order valence-electron chi connectivity index (χ0n) is 15.2. The maximum atomic E-state index is 12.6. The van der Waals surface area contributed by atoms with Gasteiger partial charge in [-0.25, -0.2) is 18.1 Å². The van der Waals surface area contributed by atoms with Gasteiger partial charge < -0.3 is 9.64 Å². The Labute approximate surface area is 155 Å². The number of piperidine rings is 1. The molecule has 140 valence electrons. The van der Waals surface area contributed by atoms with E-state index in [9.17, 15) is 8.42 Å². The van der Waals surface area contributed by atoms with Gasteiger partial charge in [-0.1, -0.05) is 6.07 Å². The number of methoxy groups -OCH3 is 1. The zero-order chi connectivity index (χ0) is 18.6. The molecule has 7 heteroatoms. The fourth-order valence-electron chi connectivity index (χ4n) is 3.26. The van der Waals surface area contributed by atoms with Crippen LogP contribution >= 0.6 is 0 Å². The first-order chi connectivity index (χ1) is 12.5. The summed E-state index contributed by atoms with van der Waals surface area (Å²) in [6.07, 6.45) is 3.69. The highest BCUT2D eigenvalue weighted by Gasteiger charge is 2.23. The van der Waals surface area contributed by atoms with Crippen LogP contribution in [0.4, 0.5) is 5.82 Å². The topological polar surface area (TPSA) is 71.5 Å². The molecular weight excluding hydrogens is 350 g/mol. The van der Waals surface area contributed by atoms with Crippen molar-refractivity contribution in [1.29, 1.82) is 0 Å². The second-order valence-electron chi connectivity index (χ2n) is 6.60. The molecule has 0 unspecified atom stereocenters. The molecule has 0 saturated carbocycles. The number of nitrogens with one attached hydrogen (secondary N) is 1. The van der Waals surface area contributed by atoms with Crippen molar-refractivity contribution in [2.24, 2.45) is 5.92 Å². The summed E-state index contributed by atoms with van der Waals surface area (Å²) in [6, 6.07) is 10.9. The van der Waals surface area contributed by atoms with Crippen LogP contribution in [0.3, 0.4) is 0 Å². The molecule has 0 bridgehead atoms. The Morgan fingerprint density at radius 2 is 2.00 bits per heavy atom. The Balaban J connectivity index is 1.56. The Morgan fingerprint density at radius 1 is 1.23 bits per heavy atom. The monoisotopic (exact) mass is 375 g/mol. The van der Waals surface area contributed by atoms with E-state index in [1.165, 1.54) is 0 Å². The third-order valence-corrected chi connectivity index (χ3v) is 6.41. The van der Waals surface area contributed by atoms with E-state index in [0.29, 0.717) is 28.7 Å². The first-order valence-corrected chi connectivity index (χ1v) is 10.3. The summed E-state index contributed by atoms with van der Waals surface area (Å²) in [5.74, 6) is 1.98. The largest absolute Gasteiger partial charge is 0.497 e. The van der Waals surface area contributed by atoms with Gasteiger partial charge in [0.25, 0.3) is 0 Å². The van der Waals surface area contributed by atoms with Gasteiger partial charge in [0.05, 0.1) is 12.0 Å². The number of nitrogens with zero attached hydrogens (tertiary/aromatic N) is 2. The molecule has 1 aliphatic heterocycles. The fourth-order valence-corrected chi connectivity index (χ4v) is 4.60. The van der Waals surface area contributed by atoms with Crippen LogP contribution in [0.25, 0.3) is 0 Å². The maximum absolute atomic E-state index is 12.6. The number of anilines is 1. The Bertz CT molecular complexity index is 832. The standard InChI is InChI=1S/C19H25N3O3S/c1-15-13-17(25-2)6-7-18(15)26(23,24)21-14-16-8-11-22(12-9-16)19-5-3-4-10-20-19/h3-7,10,13,16,21H,8-9,11-12,14H2,1-2H3. The average molecular weight is 375 g/mol. The number of rotatable bonds is 6. The summed E-state index contributed by atoms with van der Waals surface area (Å²) in [7, 11) is -1.94. The SMILES string of the molecule is COc1ccc(S(=O)(=O)NCC2CCN(c3ccccn3)CC2)c(C)c1. The van der Waals surface area contributed by atoms with E-state index in [4.69, 9.17) is 4.74 Å². The van der Waals surface area contributed by atoms with Gasteiger partial charge in [0.15, 0.2) is 0 Å². The second-order valence-corrected chi connectivity index (χ2v) is 8.34. The molecule has 26 heavy (non-hydrogen) atoms. The van der Waals surface area contributed by atoms with Gasteiger partial charge in [-0.05, 0) is 61.6 Å². The third-order valence-electron chi connectivity index (χ3n) is 4.82. The van der Waals surface area contributed by atoms with Crippen molar-refractivity contribution in [3.63, 3.8) is 0 Å². The fraction of sp³-hybridized carbons (Fsp3) is 0.421. The Kier molecular flexibility index (Phi) is 5.78. The first kappa shape index (κ1) is 18.7. The van der Waals surface area contributed by atoms with Crippen molar-refractivity contribution in [3.8, 4) is 5.75 Å². The van der Waals surface area contributed by atoms with E-state index in [0.717, 1.165) is 31.7 Å². The molecule has 1 fully saturated rings. The molecule has 3 rings (SSSR count). The summed E-state index contributed by atoms with van der Waals surface area (Å²) in [5, 5.41) is 0. The smallest absolute Gasteiger partial charge is 0.240 e. The summed E-state index contributed by atoms with van der Waals surface area (Å²) in [6.45, 7) is 4.03. The molecule has 1 aliphatic rings. The van der Waals surface area contributed by atoms with E-state index in [1.807, 2.05) is 18.2 Å². The minimum atomic E-state index is -3.51. The first-order valence-electron chi connectivity index (χ1n) is 8.80. The van der Waals surface area contributed by atoms with Gasteiger partial charge in [-0.2, -0.15) is 0 Å². The number of benzene rings is 1. The molecule has 2 aromatic rings. The van der Waals surface area contributed by atoms with Gasteiger partial charge in [0.1, 0.15) is 11.6 Å². The van der Waals surface area contributed by atoms with Crippen LogP contribution < -0.4 is 14.4 Å². The summed E-state index contributed by atoms with van der Waals surface area (Å²) in [4.78, 5) is 6.94. The average Bonchev–Trinajstić information content (AvgIpc) is 2.67. The van der Waals surface area contributed by atoms with E-state index in [1.54, 1.807) is 38.4 Å². The van der Waals surface area contributed by atoms with Crippen LogP contribution in [0.1, 0.15) is 18.4 Å². The van der Waals surface area contributed by atoms with Crippen molar-refractivity contribution in [3.05, 3.63) is 48.2 Å². The van der Waals surface area contributed by atoms with Gasteiger partial charge >= 0.3 is 0 Å².